The number of carboxylic acid groups (broad SMARTS) is 1. The number of aliphatic carboxylic acids is 1. The van der Waals surface area contributed by atoms with Crippen LogP contribution in [0.5, 0.6) is 5.75 Å². The van der Waals surface area contributed by atoms with Crippen molar-refractivity contribution in [2.24, 2.45) is 0 Å². The zero-order valence-electron chi connectivity index (χ0n) is 11.7. The highest BCUT2D eigenvalue weighted by Crippen LogP contribution is 2.32. The fourth-order valence-corrected chi connectivity index (χ4v) is 3.44. The van der Waals surface area contributed by atoms with Crippen molar-refractivity contribution in [2.75, 3.05) is 0 Å². The van der Waals surface area contributed by atoms with Gasteiger partial charge < -0.3 is 10.2 Å². The summed E-state index contributed by atoms with van der Waals surface area (Å²) in [4.78, 5) is 32.3. The number of hydrogen-bond acceptors (Lipinski definition) is 6. The van der Waals surface area contributed by atoms with Crippen LogP contribution in [0.2, 0.25) is 0 Å². The molecule has 23 heavy (non-hydrogen) atoms. The van der Waals surface area contributed by atoms with Crippen molar-refractivity contribution in [1.29, 1.82) is 0 Å². The fraction of sp³-hybridized carbons (Fsp3) is 0.308. The Balaban J connectivity index is 2.63. The number of imide groups is 1. The van der Waals surface area contributed by atoms with Gasteiger partial charge >= 0.3 is 16.1 Å². The number of phenolic OH excluding ortho intramolecular Hbond substituents is 1. The highest BCUT2D eigenvalue weighted by atomic mass is 32.2. The Kier molecular flexibility index (Phi) is 4.14. The van der Waals surface area contributed by atoms with Crippen molar-refractivity contribution in [1.82, 2.24) is 4.90 Å². The van der Waals surface area contributed by atoms with Crippen LogP contribution >= 0.6 is 0 Å². The van der Waals surface area contributed by atoms with Gasteiger partial charge in [-0.1, -0.05) is 12.1 Å². The quantitative estimate of drug-likeness (QED) is 0.489. The molecule has 0 bridgehead atoms. The summed E-state index contributed by atoms with van der Waals surface area (Å²) in [6, 6.07) is 4.81. The van der Waals surface area contributed by atoms with E-state index >= 15 is 0 Å². The van der Waals surface area contributed by atoms with Crippen LogP contribution in [-0.2, 0) is 30.9 Å². The van der Waals surface area contributed by atoms with Crippen LogP contribution in [0.25, 0.3) is 0 Å². The van der Waals surface area contributed by atoms with Gasteiger partial charge in [0.15, 0.2) is 0 Å². The van der Waals surface area contributed by atoms with Crippen molar-refractivity contribution >= 4 is 27.9 Å². The van der Waals surface area contributed by atoms with E-state index in [9.17, 15) is 37.6 Å². The van der Waals surface area contributed by atoms with E-state index in [1.165, 1.54) is 24.3 Å². The number of carbonyl (C=O) groups is 3. The third-order valence-electron chi connectivity index (χ3n) is 3.55. The Morgan fingerprint density at radius 3 is 2.00 bits per heavy atom. The van der Waals surface area contributed by atoms with Gasteiger partial charge in [-0.05, 0) is 17.7 Å². The summed E-state index contributed by atoms with van der Waals surface area (Å²) < 4.78 is 33.2. The maximum absolute atomic E-state index is 11.9. The number of carboxylic acids is 1. The van der Waals surface area contributed by atoms with Gasteiger partial charge in [0.2, 0.25) is 11.8 Å². The summed E-state index contributed by atoms with van der Waals surface area (Å²) in [5, 5.41) is 18.7. The van der Waals surface area contributed by atoms with Crippen LogP contribution in [0.4, 0.5) is 0 Å². The lowest BCUT2D eigenvalue weighted by atomic mass is 10.0. The Morgan fingerprint density at radius 1 is 1.13 bits per heavy atom. The predicted molar refractivity (Wildman–Crippen MR) is 74.8 cm³/mol. The van der Waals surface area contributed by atoms with Crippen LogP contribution in [0.3, 0.4) is 0 Å². The predicted octanol–water partition coefficient (Wildman–Crippen LogP) is -0.248. The molecule has 2 rings (SSSR count). The van der Waals surface area contributed by atoms with Crippen LogP contribution < -0.4 is 0 Å². The minimum Gasteiger partial charge on any atom is -0.508 e. The van der Waals surface area contributed by atoms with Crippen molar-refractivity contribution < 1.29 is 37.6 Å². The number of aromatic hydroxyl groups is 1. The van der Waals surface area contributed by atoms with E-state index in [0.29, 0.717) is 0 Å². The molecule has 0 saturated carbocycles. The van der Waals surface area contributed by atoms with Crippen molar-refractivity contribution in [2.45, 2.75) is 24.1 Å². The molecule has 1 aromatic carbocycles. The van der Waals surface area contributed by atoms with E-state index in [2.05, 4.69) is 0 Å². The molecule has 2 amide bonds. The molecule has 0 aromatic heterocycles. The Labute approximate surface area is 130 Å². The van der Waals surface area contributed by atoms with Gasteiger partial charge in [-0.25, -0.2) is 9.69 Å². The van der Waals surface area contributed by atoms with Crippen LogP contribution in [-0.4, -0.2) is 50.7 Å². The zero-order valence-corrected chi connectivity index (χ0v) is 12.5. The standard InChI is InChI=1S/C13H13NO8S/c15-9-3-1-8(2-4-9)7-13(12(18)19,23(20,21)22)14-10(16)5-6-11(14)17/h1-4,15H,5-7H2,(H,18,19)(H,20,21,22). The maximum Gasteiger partial charge on any atom is 0.349 e. The van der Waals surface area contributed by atoms with E-state index in [0.717, 1.165) is 0 Å². The van der Waals surface area contributed by atoms with Gasteiger partial charge in [0.25, 0.3) is 4.87 Å². The maximum atomic E-state index is 11.9. The summed E-state index contributed by atoms with van der Waals surface area (Å²) >= 11 is 0. The third kappa shape index (κ3) is 2.78. The largest absolute Gasteiger partial charge is 0.508 e. The van der Waals surface area contributed by atoms with Gasteiger partial charge in [0.1, 0.15) is 5.75 Å². The molecule has 0 spiro atoms. The lowest BCUT2D eigenvalue weighted by Gasteiger charge is -2.33. The molecule has 10 heteroatoms. The number of amides is 2. The Bertz CT molecular complexity index is 754. The fourth-order valence-electron chi connectivity index (χ4n) is 2.44. The number of rotatable bonds is 5. The first-order valence-electron chi connectivity index (χ1n) is 6.44. The smallest absolute Gasteiger partial charge is 0.349 e. The summed E-state index contributed by atoms with van der Waals surface area (Å²) in [5.74, 6) is -4.17. The first-order chi connectivity index (χ1) is 10.6. The minimum absolute atomic E-state index is 0.0929. The van der Waals surface area contributed by atoms with Crippen LogP contribution in [0.1, 0.15) is 18.4 Å². The second-order valence-corrected chi connectivity index (χ2v) is 6.66. The number of phenols is 1. The normalized spacial score (nSPS) is 18.0. The molecule has 0 aliphatic carbocycles. The third-order valence-corrected chi connectivity index (χ3v) is 4.91. The van der Waals surface area contributed by atoms with Crippen molar-refractivity contribution in [3.63, 3.8) is 0 Å². The molecule has 0 radical (unpaired) electrons. The summed E-state index contributed by atoms with van der Waals surface area (Å²) in [7, 11) is -5.36. The van der Waals surface area contributed by atoms with Gasteiger partial charge in [0, 0.05) is 19.3 Å². The average molecular weight is 343 g/mol. The lowest BCUT2D eigenvalue weighted by molar-refractivity contribution is -0.157. The monoisotopic (exact) mass is 343 g/mol. The van der Waals surface area contributed by atoms with Crippen molar-refractivity contribution in [3.05, 3.63) is 29.8 Å². The van der Waals surface area contributed by atoms with Gasteiger partial charge in [-0.2, -0.15) is 8.42 Å². The Morgan fingerprint density at radius 2 is 1.61 bits per heavy atom. The second kappa shape index (κ2) is 5.63. The van der Waals surface area contributed by atoms with E-state index in [1.807, 2.05) is 0 Å². The molecule has 1 saturated heterocycles. The molecule has 1 atom stereocenters. The molecule has 1 aliphatic heterocycles. The molecule has 9 nitrogen and oxygen atoms in total. The second-order valence-electron chi connectivity index (χ2n) is 5.03. The van der Waals surface area contributed by atoms with E-state index in [4.69, 9.17) is 0 Å². The molecule has 1 aliphatic rings. The molecule has 1 heterocycles. The van der Waals surface area contributed by atoms with E-state index < -0.39 is 39.2 Å². The van der Waals surface area contributed by atoms with Crippen LogP contribution in [0.15, 0.2) is 24.3 Å². The SMILES string of the molecule is O=C1CCC(=O)N1C(Cc1ccc(O)cc1)(C(=O)O)S(=O)(=O)O. The van der Waals surface area contributed by atoms with Gasteiger partial charge in [-0.15, -0.1) is 0 Å². The van der Waals surface area contributed by atoms with E-state index in [1.54, 1.807) is 0 Å². The topological polar surface area (TPSA) is 149 Å². The average Bonchev–Trinajstić information content (AvgIpc) is 2.76. The summed E-state index contributed by atoms with van der Waals surface area (Å²) in [6.07, 6.45) is -1.52. The lowest BCUT2D eigenvalue weighted by Crippen LogP contribution is -2.63. The van der Waals surface area contributed by atoms with Crippen molar-refractivity contribution in [3.8, 4) is 5.75 Å². The highest BCUT2D eigenvalue weighted by Gasteiger charge is 2.61. The molecule has 1 aromatic rings. The molecule has 3 N–H and O–H groups in total. The molecular weight excluding hydrogens is 330 g/mol. The number of carbonyl (C=O) groups excluding carboxylic acids is 2. The first-order valence-corrected chi connectivity index (χ1v) is 7.88. The number of likely N-dealkylation sites (tertiary alicyclic amines) is 1. The minimum atomic E-state index is -5.36. The first kappa shape index (κ1) is 16.9. The molecular formula is C13H13NO8S. The van der Waals surface area contributed by atoms with Gasteiger partial charge in [-0.3, -0.25) is 14.1 Å². The Hall–Kier alpha value is -2.46. The summed E-state index contributed by atoms with van der Waals surface area (Å²) in [5.41, 5.74) is 0.0929. The van der Waals surface area contributed by atoms with Gasteiger partial charge in [0.05, 0.1) is 0 Å². The molecule has 124 valence electrons. The number of nitrogens with zero attached hydrogens (tertiary/aromatic N) is 1. The summed E-state index contributed by atoms with van der Waals surface area (Å²) in [6.45, 7) is 0. The zero-order chi connectivity index (χ0) is 17.4. The number of benzene rings is 1. The van der Waals surface area contributed by atoms with Crippen LogP contribution in [0, 0.1) is 0 Å². The highest BCUT2D eigenvalue weighted by molar-refractivity contribution is 7.88. The number of hydrogen-bond donors (Lipinski definition) is 3. The molecule has 1 fully saturated rings. The van der Waals surface area contributed by atoms with E-state index in [-0.39, 0.29) is 29.1 Å². The molecule has 1 unspecified atom stereocenters.